The summed E-state index contributed by atoms with van der Waals surface area (Å²) < 4.78 is 5.17. The van der Waals surface area contributed by atoms with E-state index in [1.807, 2.05) is 11.8 Å². The van der Waals surface area contributed by atoms with Gasteiger partial charge < -0.3 is 15.0 Å². The van der Waals surface area contributed by atoms with Crippen molar-refractivity contribution in [2.24, 2.45) is 0 Å². The van der Waals surface area contributed by atoms with Crippen LogP contribution in [0.5, 0.6) is 5.75 Å². The Labute approximate surface area is 101 Å². The fourth-order valence-corrected chi connectivity index (χ4v) is 2.02. The van der Waals surface area contributed by atoms with Crippen LogP contribution in [-0.4, -0.2) is 48.6 Å². The maximum Gasteiger partial charge on any atom is 0.258 e. The van der Waals surface area contributed by atoms with Gasteiger partial charge in [-0.1, -0.05) is 0 Å². The summed E-state index contributed by atoms with van der Waals surface area (Å²) in [5.74, 6) is 0.543. The van der Waals surface area contributed by atoms with Crippen molar-refractivity contribution in [3.63, 3.8) is 0 Å². The number of nitrogens with zero attached hydrogens (tertiary/aromatic N) is 2. The van der Waals surface area contributed by atoms with Crippen LogP contribution in [0, 0.1) is 0 Å². The lowest BCUT2D eigenvalue weighted by molar-refractivity contribution is 0.0652. The summed E-state index contributed by atoms with van der Waals surface area (Å²) in [5.41, 5.74) is 0.580. The Kier molecular flexibility index (Phi) is 3.58. The zero-order valence-electron chi connectivity index (χ0n) is 10.1. The molecule has 2 rings (SSSR count). The Morgan fingerprint density at radius 2 is 2.47 bits per heavy atom. The number of rotatable bonds is 2. The first-order valence-corrected chi connectivity index (χ1v) is 5.73. The van der Waals surface area contributed by atoms with E-state index < -0.39 is 0 Å². The van der Waals surface area contributed by atoms with Gasteiger partial charge in [0.1, 0.15) is 5.75 Å². The Bertz CT molecular complexity index is 408. The molecule has 1 aromatic rings. The molecule has 1 aliphatic rings. The Hall–Kier alpha value is -1.62. The van der Waals surface area contributed by atoms with E-state index >= 15 is 0 Å². The first-order chi connectivity index (χ1) is 8.24. The standard InChI is InChI=1S/C12H17N3O2/c1-9-7-14-5-6-15(9)12(16)10-3-4-13-8-11(10)17-2/h3-4,8-9,14H,5-7H2,1-2H3/t9-/m0/s1. The minimum Gasteiger partial charge on any atom is -0.494 e. The minimum atomic E-state index is 0.0123. The van der Waals surface area contributed by atoms with E-state index in [1.165, 1.54) is 0 Å². The summed E-state index contributed by atoms with van der Waals surface area (Å²) in [7, 11) is 1.55. The molecule has 1 atom stereocenters. The number of hydrogen-bond acceptors (Lipinski definition) is 4. The topological polar surface area (TPSA) is 54.5 Å². The predicted molar refractivity (Wildman–Crippen MR) is 64.2 cm³/mol. The zero-order chi connectivity index (χ0) is 12.3. The Morgan fingerprint density at radius 3 is 3.18 bits per heavy atom. The van der Waals surface area contributed by atoms with Crippen molar-refractivity contribution in [1.82, 2.24) is 15.2 Å². The quantitative estimate of drug-likeness (QED) is 0.812. The number of nitrogens with one attached hydrogen (secondary N) is 1. The van der Waals surface area contributed by atoms with Crippen molar-refractivity contribution >= 4 is 5.91 Å². The summed E-state index contributed by atoms with van der Waals surface area (Å²) in [6.07, 6.45) is 3.18. The van der Waals surface area contributed by atoms with E-state index in [9.17, 15) is 4.79 Å². The van der Waals surface area contributed by atoms with Crippen LogP contribution in [0.2, 0.25) is 0 Å². The molecule has 0 aromatic carbocycles. The minimum absolute atomic E-state index is 0.0123. The highest BCUT2D eigenvalue weighted by Crippen LogP contribution is 2.19. The summed E-state index contributed by atoms with van der Waals surface area (Å²) in [4.78, 5) is 18.2. The molecule has 0 bridgehead atoms. The third kappa shape index (κ3) is 2.39. The second kappa shape index (κ2) is 5.14. The first-order valence-electron chi connectivity index (χ1n) is 5.73. The first kappa shape index (κ1) is 11.9. The number of piperazine rings is 1. The number of pyridine rings is 1. The van der Waals surface area contributed by atoms with E-state index in [1.54, 1.807) is 25.6 Å². The van der Waals surface area contributed by atoms with Crippen LogP contribution >= 0.6 is 0 Å². The monoisotopic (exact) mass is 235 g/mol. The molecule has 0 aliphatic carbocycles. The number of carbonyl (C=O) groups is 1. The molecule has 0 radical (unpaired) electrons. The van der Waals surface area contributed by atoms with Crippen LogP contribution in [0.25, 0.3) is 0 Å². The smallest absolute Gasteiger partial charge is 0.258 e. The van der Waals surface area contributed by atoms with Crippen molar-refractivity contribution in [3.8, 4) is 5.75 Å². The van der Waals surface area contributed by atoms with E-state index in [-0.39, 0.29) is 11.9 Å². The fraction of sp³-hybridized carbons (Fsp3) is 0.500. The lowest BCUT2D eigenvalue weighted by Crippen LogP contribution is -2.52. The average molecular weight is 235 g/mol. The molecule has 92 valence electrons. The summed E-state index contributed by atoms with van der Waals surface area (Å²) >= 11 is 0. The SMILES string of the molecule is COc1cnccc1C(=O)N1CCNC[C@@H]1C. The van der Waals surface area contributed by atoms with Crippen LogP contribution in [0.1, 0.15) is 17.3 Å². The van der Waals surface area contributed by atoms with Gasteiger partial charge in [0, 0.05) is 31.9 Å². The molecule has 0 unspecified atom stereocenters. The third-order valence-electron chi connectivity index (χ3n) is 3.00. The molecule has 0 spiro atoms. The lowest BCUT2D eigenvalue weighted by Gasteiger charge is -2.34. The number of methoxy groups -OCH3 is 1. The van der Waals surface area contributed by atoms with Gasteiger partial charge in [-0.25, -0.2) is 0 Å². The number of hydrogen-bond donors (Lipinski definition) is 1. The molecule has 5 heteroatoms. The van der Waals surface area contributed by atoms with Crippen molar-refractivity contribution in [1.29, 1.82) is 0 Å². The fourth-order valence-electron chi connectivity index (χ4n) is 2.02. The molecule has 5 nitrogen and oxygen atoms in total. The van der Waals surface area contributed by atoms with Crippen molar-refractivity contribution in [3.05, 3.63) is 24.0 Å². The summed E-state index contributed by atoms with van der Waals surface area (Å²) in [6.45, 7) is 4.44. The molecule has 1 saturated heterocycles. The van der Waals surface area contributed by atoms with Gasteiger partial charge in [-0.05, 0) is 13.0 Å². The molecule has 1 amide bonds. The second-order valence-corrected chi connectivity index (χ2v) is 4.13. The largest absolute Gasteiger partial charge is 0.494 e. The van der Waals surface area contributed by atoms with Gasteiger partial charge in [-0.3, -0.25) is 9.78 Å². The number of carbonyl (C=O) groups excluding carboxylic acids is 1. The van der Waals surface area contributed by atoms with Gasteiger partial charge in [0.15, 0.2) is 0 Å². The number of amides is 1. The van der Waals surface area contributed by atoms with Crippen LogP contribution in [-0.2, 0) is 0 Å². The molecule has 1 aromatic heterocycles. The maximum atomic E-state index is 12.4. The molecule has 2 heterocycles. The Morgan fingerprint density at radius 1 is 1.65 bits per heavy atom. The second-order valence-electron chi connectivity index (χ2n) is 4.13. The lowest BCUT2D eigenvalue weighted by atomic mass is 10.1. The average Bonchev–Trinajstić information content (AvgIpc) is 2.38. The van der Waals surface area contributed by atoms with E-state index in [4.69, 9.17) is 4.74 Å². The number of aromatic nitrogens is 1. The third-order valence-corrected chi connectivity index (χ3v) is 3.00. The van der Waals surface area contributed by atoms with Crippen LogP contribution < -0.4 is 10.1 Å². The summed E-state index contributed by atoms with van der Waals surface area (Å²) in [5, 5.41) is 3.26. The highest BCUT2D eigenvalue weighted by molar-refractivity contribution is 5.97. The molecule has 1 fully saturated rings. The molecular weight excluding hydrogens is 218 g/mol. The zero-order valence-corrected chi connectivity index (χ0v) is 10.1. The van der Waals surface area contributed by atoms with E-state index in [2.05, 4.69) is 10.3 Å². The highest BCUT2D eigenvalue weighted by Gasteiger charge is 2.25. The maximum absolute atomic E-state index is 12.4. The molecule has 17 heavy (non-hydrogen) atoms. The Balaban J connectivity index is 2.23. The van der Waals surface area contributed by atoms with Crippen molar-refractivity contribution in [2.45, 2.75) is 13.0 Å². The highest BCUT2D eigenvalue weighted by atomic mass is 16.5. The van der Waals surface area contributed by atoms with Gasteiger partial charge in [0.25, 0.3) is 5.91 Å². The van der Waals surface area contributed by atoms with E-state index in [0.29, 0.717) is 11.3 Å². The summed E-state index contributed by atoms with van der Waals surface area (Å²) in [6, 6.07) is 1.91. The molecule has 0 saturated carbocycles. The van der Waals surface area contributed by atoms with Crippen molar-refractivity contribution in [2.75, 3.05) is 26.7 Å². The van der Waals surface area contributed by atoms with Crippen molar-refractivity contribution < 1.29 is 9.53 Å². The van der Waals surface area contributed by atoms with Gasteiger partial charge in [-0.15, -0.1) is 0 Å². The van der Waals surface area contributed by atoms with E-state index in [0.717, 1.165) is 19.6 Å². The molecule has 1 aliphatic heterocycles. The van der Waals surface area contributed by atoms with Gasteiger partial charge in [0.05, 0.1) is 18.9 Å². The van der Waals surface area contributed by atoms with Crippen LogP contribution in [0.3, 0.4) is 0 Å². The van der Waals surface area contributed by atoms with Gasteiger partial charge >= 0.3 is 0 Å². The predicted octanol–water partition coefficient (Wildman–Crippen LogP) is 0.524. The molecule has 1 N–H and O–H groups in total. The van der Waals surface area contributed by atoms with Gasteiger partial charge in [0.2, 0.25) is 0 Å². The normalized spacial score (nSPS) is 20.1. The molecular formula is C12H17N3O2. The van der Waals surface area contributed by atoms with Gasteiger partial charge in [-0.2, -0.15) is 0 Å². The van der Waals surface area contributed by atoms with Crippen LogP contribution in [0.15, 0.2) is 18.5 Å². The van der Waals surface area contributed by atoms with Crippen LogP contribution in [0.4, 0.5) is 0 Å². The number of ether oxygens (including phenoxy) is 1.